The Morgan fingerprint density at radius 2 is 1.43 bits per heavy atom. The van der Waals surface area contributed by atoms with Crippen LogP contribution < -0.4 is 5.32 Å². The van der Waals surface area contributed by atoms with Crippen molar-refractivity contribution in [2.45, 2.75) is 203 Å². The van der Waals surface area contributed by atoms with Gasteiger partial charge in [0.2, 0.25) is 0 Å². The van der Waals surface area contributed by atoms with Crippen molar-refractivity contribution in [2.75, 3.05) is 6.61 Å². The van der Waals surface area contributed by atoms with E-state index in [1.165, 1.54) is 89.9 Å². The van der Waals surface area contributed by atoms with Crippen molar-refractivity contribution in [3.63, 3.8) is 0 Å². The highest BCUT2D eigenvalue weighted by Crippen LogP contribution is 2.47. The lowest BCUT2D eigenvalue weighted by Gasteiger charge is -2.20. The average Bonchev–Trinajstić information content (AvgIpc) is 4.04. The number of aliphatic hydroxyl groups excluding tert-OH is 2. The summed E-state index contributed by atoms with van der Waals surface area (Å²) in [5, 5.41) is 25.8. The molecule has 8 bridgehead atoms. The number of allylic oxidation sites excluding steroid dienone is 11. The van der Waals surface area contributed by atoms with E-state index in [1.807, 2.05) is 19.1 Å². The van der Waals surface area contributed by atoms with Crippen LogP contribution in [0.15, 0.2) is 106 Å². The van der Waals surface area contributed by atoms with E-state index in [4.69, 9.17) is 19.7 Å². The minimum absolute atomic E-state index is 0.0277. The number of nitrogens with one attached hydrogen (secondary N) is 1. The molecule has 3 atom stereocenters. The Labute approximate surface area is 391 Å². The fourth-order valence-corrected chi connectivity index (χ4v) is 10.8. The maximum absolute atomic E-state index is 14.1. The number of hydrogen-bond donors (Lipinski definition) is 3. The smallest absolute Gasteiger partial charge is 0.305 e. The van der Waals surface area contributed by atoms with Crippen molar-refractivity contribution >= 4 is 28.9 Å². The molecule has 1 aliphatic carbocycles. The third-order valence-electron chi connectivity index (χ3n) is 14.3. The van der Waals surface area contributed by atoms with Crippen molar-refractivity contribution in [3.05, 3.63) is 91.5 Å². The minimum atomic E-state index is -0.801. The van der Waals surface area contributed by atoms with E-state index in [0.717, 1.165) is 64.1 Å². The summed E-state index contributed by atoms with van der Waals surface area (Å²) in [6, 6.07) is 0. The number of rotatable bonds is 23. The molecular formula is C56H80N4O5. The summed E-state index contributed by atoms with van der Waals surface area (Å²) in [5.41, 5.74) is 12.3. The summed E-state index contributed by atoms with van der Waals surface area (Å²) >= 11 is 0. The first-order valence-electron chi connectivity index (χ1n) is 25.5. The molecule has 65 heavy (non-hydrogen) atoms. The van der Waals surface area contributed by atoms with Crippen LogP contribution in [0.2, 0.25) is 0 Å². The second kappa shape index (κ2) is 22.9. The van der Waals surface area contributed by atoms with Gasteiger partial charge in [0, 0.05) is 58.4 Å². The van der Waals surface area contributed by atoms with Crippen LogP contribution in [0.1, 0.15) is 197 Å². The van der Waals surface area contributed by atoms with E-state index < -0.39 is 6.10 Å². The number of esters is 1. The lowest BCUT2D eigenvalue weighted by Crippen LogP contribution is -2.16. The van der Waals surface area contributed by atoms with Crippen LogP contribution in [0.3, 0.4) is 0 Å². The average molecular weight is 889 g/mol. The molecule has 3 N–H and O–H groups in total. The van der Waals surface area contributed by atoms with Gasteiger partial charge < -0.3 is 20.3 Å². The molecule has 2 fully saturated rings. The lowest BCUT2D eigenvalue weighted by molar-refractivity contribution is -0.144. The van der Waals surface area contributed by atoms with Gasteiger partial charge in [-0.05, 0) is 86.3 Å². The quantitative estimate of drug-likeness (QED) is 0.0532. The molecule has 1 saturated carbocycles. The Bertz CT molecular complexity index is 2190. The maximum Gasteiger partial charge on any atom is 0.305 e. The van der Waals surface area contributed by atoms with Gasteiger partial charge in [0.15, 0.2) is 5.78 Å². The molecule has 0 aromatic rings. The van der Waals surface area contributed by atoms with Gasteiger partial charge in [-0.2, -0.15) is 0 Å². The monoisotopic (exact) mass is 889 g/mol. The Morgan fingerprint density at radius 1 is 0.831 bits per heavy atom. The molecule has 5 aliphatic heterocycles. The van der Waals surface area contributed by atoms with Gasteiger partial charge in [0.25, 0.3) is 0 Å². The number of carbonyl (C=O) groups excluding carboxylic acids is 2. The molecule has 6 aliphatic rings. The van der Waals surface area contributed by atoms with Crippen LogP contribution >= 0.6 is 0 Å². The summed E-state index contributed by atoms with van der Waals surface area (Å²) in [6.07, 6.45) is 27.4. The summed E-state index contributed by atoms with van der Waals surface area (Å²) in [6.45, 7) is 19.3. The summed E-state index contributed by atoms with van der Waals surface area (Å²) < 4.78 is 5.82. The van der Waals surface area contributed by atoms with E-state index >= 15 is 0 Å². The number of unbranched alkanes of at least 4 members (excludes halogenated alkanes) is 15. The van der Waals surface area contributed by atoms with Gasteiger partial charge in [-0.3, -0.25) is 9.59 Å². The third-order valence-corrected chi connectivity index (χ3v) is 14.3. The zero-order valence-electron chi connectivity index (χ0n) is 41.5. The molecule has 354 valence electrons. The van der Waals surface area contributed by atoms with Crippen molar-refractivity contribution in [3.8, 4) is 0 Å². The van der Waals surface area contributed by atoms with E-state index in [2.05, 4.69) is 53.8 Å². The van der Waals surface area contributed by atoms with Crippen molar-refractivity contribution in [1.82, 2.24) is 5.32 Å². The highest BCUT2D eigenvalue weighted by atomic mass is 16.5. The van der Waals surface area contributed by atoms with Gasteiger partial charge in [-0.15, -0.1) is 0 Å². The number of fused-ring (bicyclic) bond motifs is 5. The summed E-state index contributed by atoms with van der Waals surface area (Å²) in [4.78, 5) is 43.0. The molecule has 0 spiro atoms. The SMILES string of the molecule is CCCCCCCCCCCCCCCCCCOC(=O)CC[C@@H]1C2=C3CC(=O)C4=C(CC)C(=CC5=C(CC(C)(C)C)/C(=C\O)C(=N5)C=C5N=C(C(C)=C5C(C)O)C(C)=C(N2)[C@H]1C)N=C34. The Kier molecular flexibility index (Phi) is 17.6. The van der Waals surface area contributed by atoms with Crippen LogP contribution in [-0.4, -0.2) is 51.8 Å². The molecule has 1 saturated heterocycles. The topological polar surface area (TPSA) is 133 Å². The molecule has 0 aromatic heterocycles. The van der Waals surface area contributed by atoms with Gasteiger partial charge >= 0.3 is 5.97 Å². The van der Waals surface area contributed by atoms with Gasteiger partial charge in [0.1, 0.15) is 0 Å². The number of ketones is 1. The van der Waals surface area contributed by atoms with Crippen LogP contribution in [-0.2, 0) is 14.3 Å². The van der Waals surface area contributed by atoms with Gasteiger partial charge in [-0.1, -0.05) is 138 Å². The van der Waals surface area contributed by atoms with E-state index in [-0.39, 0.29) is 41.8 Å². The van der Waals surface area contributed by atoms with Crippen LogP contribution in [0.25, 0.3) is 0 Å². The molecule has 0 amide bonds. The molecule has 6 rings (SSSR count). The van der Waals surface area contributed by atoms with E-state index in [0.29, 0.717) is 71.1 Å². The normalized spacial score (nSPS) is 21.8. The minimum Gasteiger partial charge on any atom is -0.515 e. The zero-order chi connectivity index (χ0) is 46.8. The van der Waals surface area contributed by atoms with Gasteiger partial charge in [-0.25, -0.2) is 15.0 Å². The Hall–Kier alpha value is -4.37. The van der Waals surface area contributed by atoms with Crippen LogP contribution in [0, 0.1) is 17.3 Å². The number of aliphatic imine (C=N–C) groups is 3. The second-order valence-electron chi connectivity index (χ2n) is 20.7. The first-order chi connectivity index (χ1) is 31.2. The van der Waals surface area contributed by atoms with E-state index in [9.17, 15) is 19.8 Å². The molecule has 9 heteroatoms. The number of carbonyl (C=O) groups is 2. The standard InChI is InChI=1S/C56H80N4O5/c1-10-12-13-14-15-16-17-18-19-20-21-22-23-24-25-26-29-65-49(64)28-27-40-35(3)52-37(5)53-36(4)50(38(6)62)47(59-53)32-46-43(34-61)42(33-56(7,8)9)45(57-46)31-44-39(11-2)51-48(63)30-41(54(40)60-52)55(51)58-44/h31-32,34-35,38,40,60-62H,10-30,33H2,1-9H3/b43-34+,44-31?,47-32?,52-37?,54-41?/t35-,38?,40-/m0/s1. The van der Waals surface area contributed by atoms with Gasteiger partial charge in [0.05, 0.1) is 53.2 Å². The highest BCUT2D eigenvalue weighted by molar-refractivity contribution is 6.38. The molecular weight excluding hydrogens is 809 g/mol. The maximum atomic E-state index is 14.1. The fourth-order valence-electron chi connectivity index (χ4n) is 10.8. The number of aliphatic hydroxyl groups is 2. The highest BCUT2D eigenvalue weighted by Gasteiger charge is 2.44. The van der Waals surface area contributed by atoms with Crippen LogP contribution in [0.5, 0.6) is 0 Å². The predicted molar refractivity (Wildman–Crippen MR) is 267 cm³/mol. The second-order valence-corrected chi connectivity index (χ2v) is 20.7. The summed E-state index contributed by atoms with van der Waals surface area (Å²) in [5.74, 6) is -0.243. The number of nitrogens with zero attached hydrogens (tertiary/aromatic N) is 3. The molecule has 0 radical (unpaired) electrons. The first-order valence-corrected chi connectivity index (χ1v) is 25.5. The van der Waals surface area contributed by atoms with Crippen LogP contribution in [0.4, 0.5) is 0 Å². The first kappa shape index (κ1) is 50.1. The Morgan fingerprint density at radius 3 is 2.00 bits per heavy atom. The molecule has 0 aromatic carbocycles. The fraction of sp³-hybridized carbons (Fsp3) is 0.625. The number of Topliss-reactive ketones (excluding diaryl/α,β-unsaturated/α-hetero) is 1. The largest absolute Gasteiger partial charge is 0.515 e. The van der Waals surface area contributed by atoms with Crippen molar-refractivity contribution < 1.29 is 24.5 Å². The molecule has 5 heterocycles. The third kappa shape index (κ3) is 12.0. The Balaban J connectivity index is 1.18. The molecule has 1 unspecified atom stereocenters. The number of hydrogen-bond acceptors (Lipinski definition) is 9. The number of ether oxygens (including phenoxy) is 1. The van der Waals surface area contributed by atoms with E-state index in [1.54, 1.807) is 6.92 Å². The predicted octanol–water partition coefficient (Wildman–Crippen LogP) is 13.6. The zero-order valence-corrected chi connectivity index (χ0v) is 41.5. The lowest BCUT2D eigenvalue weighted by atomic mass is 9.84. The van der Waals surface area contributed by atoms with Crippen molar-refractivity contribution in [2.24, 2.45) is 32.2 Å². The summed E-state index contributed by atoms with van der Waals surface area (Å²) in [7, 11) is 0. The van der Waals surface area contributed by atoms with Crippen molar-refractivity contribution in [1.29, 1.82) is 0 Å². The molecule has 9 nitrogen and oxygen atoms in total.